The number of anilines is 2. The maximum atomic E-state index is 13.2. The second-order valence-corrected chi connectivity index (χ2v) is 10.2. The molecule has 2 heterocycles. The van der Waals surface area contributed by atoms with E-state index in [0.717, 1.165) is 18.4 Å². The van der Waals surface area contributed by atoms with Crippen molar-refractivity contribution in [3.05, 3.63) is 64.4 Å². The molecule has 1 amide bonds. The van der Waals surface area contributed by atoms with Crippen molar-refractivity contribution >= 4 is 38.9 Å². The number of hydrogen-bond acceptors (Lipinski definition) is 5. The molecule has 4 rings (SSSR count). The molecule has 9 heteroatoms. The second kappa shape index (κ2) is 8.96. The van der Waals surface area contributed by atoms with Crippen LogP contribution in [0, 0.1) is 6.92 Å². The number of sulfonamides is 1. The fourth-order valence-electron chi connectivity index (χ4n) is 3.95. The van der Waals surface area contributed by atoms with Gasteiger partial charge in [-0.15, -0.1) is 0 Å². The molecule has 0 bridgehead atoms. The highest BCUT2D eigenvalue weighted by atomic mass is 35.5. The fourth-order valence-corrected chi connectivity index (χ4v) is 5.78. The standard InChI is InChI=1S/C23H24ClN3O4S/c1-3-13-32(29,30)27-12-6-7-16-10-11-17(14-20(16)27)25-23(28)21-15(2)31-26-22(21)18-8-4-5-9-19(18)24/h4-5,8-11,14H,3,6-7,12-13H2,1-2H3,(H,25,28). The molecule has 0 fully saturated rings. The number of nitrogens with zero attached hydrogens (tertiary/aromatic N) is 2. The molecule has 168 valence electrons. The molecule has 2 aromatic carbocycles. The van der Waals surface area contributed by atoms with Gasteiger partial charge in [0.25, 0.3) is 5.91 Å². The van der Waals surface area contributed by atoms with E-state index in [2.05, 4.69) is 10.5 Å². The zero-order valence-corrected chi connectivity index (χ0v) is 19.5. The van der Waals surface area contributed by atoms with Crippen LogP contribution in [-0.2, 0) is 16.4 Å². The molecular formula is C23H24ClN3O4S. The Morgan fingerprint density at radius 3 is 2.78 bits per heavy atom. The van der Waals surface area contributed by atoms with E-state index < -0.39 is 15.9 Å². The summed E-state index contributed by atoms with van der Waals surface area (Å²) in [6.07, 6.45) is 2.11. The molecular weight excluding hydrogens is 450 g/mol. The summed E-state index contributed by atoms with van der Waals surface area (Å²) < 4.78 is 32.3. The number of aromatic nitrogens is 1. The Kier molecular flexibility index (Phi) is 6.26. The molecule has 32 heavy (non-hydrogen) atoms. The Hall–Kier alpha value is -2.84. The van der Waals surface area contributed by atoms with E-state index in [0.29, 0.717) is 46.4 Å². The fraction of sp³-hybridized carbons (Fsp3) is 0.304. The predicted molar refractivity (Wildman–Crippen MR) is 126 cm³/mol. The predicted octanol–water partition coefficient (Wildman–Crippen LogP) is 5.05. The Bertz CT molecular complexity index is 1270. The maximum Gasteiger partial charge on any atom is 0.261 e. The Morgan fingerprint density at radius 1 is 1.25 bits per heavy atom. The minimum atomic E-state index is -3.41. The van der Waals surface area contributed by atoms with Gasteiger partial charge >= 0.3 is 0 Å². The van der Waals surface area contributed by atoms with Crippen LogP contribution in [0.4, 0.5) is 11.4 Å². The number of nitrogens with one attached hydrogen (secondary N) is 1. The van der Waals surface area contributed by atoms with E-state index in [-0.39, 0.29) is 11.3 Å². The zero-order chi connectivity index (χ0) is 22.9. The highest BCUT2D eigenvalue weighted by molar-refractivity contribution is 7.92. The van der Waals surface area contributed by atoms with Gasteiger partial charge in [-0.25, -0.2) is 8.42 Å². The SMILES string of the molecule is CCCS(=O)(=O)N1CCCc2ccc(NC(=O)c3c(-c4ccccc4Cl)noc3C)cc21. The van der Waals surface area contributed by atoms with Crippen LogP contribution in [0.15, 0.2) is 47.0 Å². The number of carbonyl (C=O) groups excluding carboxylic acids is 1. The maximum absolute atomic E-state index is 13.2. The van der Waals surface area contributed by atoms with Crippen LogP contribution in [0.25, 0.3) is 11.3 Å². The van der Waals surface area contributed by atoms with Crippen molar-refractivity contribution in [3.63, 3.8) is 0 Å². The second-order valence-electron chi connectivity index (χ2n) is 7.73. The minimum absolute atomic E-state index is 0.0874. The first-order valence-corrected chi connectivity index (χ1v) is 12.5. The minimum Gasteiger partial charge on any atom is -0.360 e. The molecule has 1 aromatic heterocycles. The van der Waals surface area contributed by atoms with Crippen LogP contribution in [0.1, 0.15) is 41.4 Å². The van der Waals surface area contributed by atoms with Crippen LogP contribution in [0.3, 0.4) is 0 Å². The van der Waals surface area contributed by atoms with Crippen LogP contribution in [0.2, 0.25) is 5.02 Å². The molecule has 0 saturated carbocycles. The Morgan fingerprint density at radius 2 is 2.03 bits per heavy atom. The van der Waals surface area contributed by atoms with Gasteiger partial charge in [0.2, 0.25) is 10.0 Å². The molecule has 3 aromatic rings. The van der Waals surface area contributed by atoms with Gasteiger partial charge in [0.1, 0.15) is 17.0 Å². The van der Waals surface area contributed by atoms with E-state index in [4.69, 9.17) is 16.1 Å². The van der Waals surface area contributed by atoms with Crippen LogP contribution in [0.5, 0.6) is 0 Å². The molecule has 1 N–H and O–H groups in total. The van der Waals surface area contributed by atoms with Gasteiger partial charge in [-0.3, -0.25) is 9.10 Å². The van der Waals surface area contributed by atoms with Gasteiger partial charge in [0, 0.05) is 17.8 Å². The van der Waals surface area contributed by atoms with Crippen molar-refractivity contribution < 1.29 is 17.7 Å². The van der Waals surface area contributed by atoms with E-state index in [1.54, 1.807) is 37.3 Å². The smallest absolute Gasteiger partial charge is 0.261 e. The van der Waals surface area contributed by atoms with Gasteiger partial charge in [0.05, 0.1) is 16.5 Å². The summed E-state index contributed by atoms with van der Waals surface area (Å²) >= 11 is 6.29. The third-order valence-electron chi connectivity index (χ3n) is 5.44. The number of benzene rings is 2. The third kappa shape index (κ3) is 4.25. The molecule has 0 unspecified atom stereocenters. The molecule has 0 radical (unpaired) electrons. The van der Waals surface area contributed by atoms with Crippen molar-refractivity contribution in [2.24, 2.45) is 0 Å². The lowest BCUT2D eigenvalue weighted by molar-refractivity contribution is 0.102. The van der Waals surface area contributed by atoms with E-state index in [9.17, 15) is 13.2 Å². The lowest BCUT2D eigenvalue weighted by Gasteiger charge is -2.31. The van der Waals surface area contributed by atoms with E-state index in [1.165, 1.54) is 4.31 Å². The first kappa shape index (κ1) is 22.4. The number of carbonyl (C=O) groups is 1. The lowest BCUT2D eigenvalue weighted by Crippen LogP contribution is -2.37. The number of halogens is 1. The van der Waals surface area contributed by atoms with E-state index in [1.807, 2.05) is 19.1 Å². The van der Waals surface area contributed by atoms with Crippen molar-refractivity contribution in [2.45, 2.75) is 33.1 Å². The summed E-state index contributed by atoms with van der Waals surface area (Å²) in [6.45, 7) is 3.94. The normalized spacial score (nSPS) is 13.7. The highest BCUT2D eigenvalue weighted by Crippen LogP contribution is 2.34. The Labute approximate surface area is 192 Å². The van der Waals surface area contributed by atoms with Crippen LogP contribution in [-0.4, -0.2) is 31.8 Å². The Balaban J connectivity index is 1.67. The first-order chi connectivity index (χ1) is 15.3. The number of aryl methyl sites for hydroxylation is 2. The summed E-state index contributed by atoms with van der Waals surface area (Å²) in [5, 5.41) is 7.36. The number of fused-ring (bicyclic) bond motifs is 1. The monoisotopic (exact) mass is 473 g/mol. The summed E-state index contributed by atoms with van der Waals surface area (Å²) in [7, 11) is -3.41. The first-order valence-electron chi connectivity index (χ1n) is 10.5. The van der Waals surface area contributed by atoms with Gasteiger partial charge in [-0.05, 0) is 49.9 Å². The molecule has 1 aliphatic heterocycles. The summed E-state index contributed by atoms with van der Waals surface area (Å²) in [6, 6.07) is 12.5. The number of amides is 1. The van der Waals surface area contributed by atoms with E-state index >= 15 is 0 Å². The zero-order valence-electron chi connectivity index (χ0n) is 17.9. The topological polar surface area (TPSA) is 92.5 Å². The molecule has 7 nitrogen and oxygen atoms in total. The van der Waals surface area contributed by atoms with Gasteiger partial charge in [-0.2, -0.15) is 0 Å². The average molecular weight is 474 g/mol. The molecule has 0 atom stereocenters. The highest BCUT2D eigenvalue weighted by Gasteiger charge is 2.28. The summed E-state index contributed by atoms with van der Waals surface area (Å²) in [4.78, 5) is 13.2. The molecule has 1 aliphatic rings. The molecule has 0 aliphatic carbocycles. The third-order valence-corrected chi connectivity index (χ3v) is 7.74. The number of hydrogen-bond donors (Lipinski definition) is 1. The molecule has 0 saturated heterocycles. The van der Waals surface area contributed by atoms with Gasteiger partial charge in [0.15, 0.2) is 0 Å². The van der Waals surface area contributed by atoms with Gasteiger partial charge in [-0.1, -0.05) is 47.9 Å². The lowest BCUT2D eigenvalue weighted by atomic mass is 10.0. The van der Waals surface area contributed by atoms with Crippen molar-refractivity contribution in [1.29, 1.82) is 0 Å². The number of rotatable bonds is 6. The quantitative estimate of drug-likeness (QED) is 0.540. The van der Waals surface area contributed by atoms with Crippen molar-refractivity contribution in [2.75, 3.05) is 21.9 Å². The van der Waals surface area contributed by atoms with Crippen molar-refractivity contribution in [3.8, 4) is 11.3 Å². The summed E-state index contributed by atoms with van der Waals surface area (Å²) in [5.41, 5.74) is 3.31. The largest absolute Gasteiger partial charge is 0.360 e. The van der Waals surface area contributed by atoms with Crippen LogP contribution >= 0.6 is 11.6 Å². The van der Waals surface area contributed by atoms with Gasteiger partial charge < -0.3 is 9.84 Å². The van der Waals surface area contributed by atoms with Crippen molar-refractivity contribution in [1.82, 2.24) is 5.16 Å². The van der Waals surface area contributed by atoms with Crippen LogP contribution < -0.4 is 9.62 Å². The average Bonchev–Trinajstić information content (AvgIpc) is 3.14. The summed E-state index contributed by atoms with van der Waals surface area (Å²) in [5.74, 6) is 0.0457. The molecule has 0 spiro atoms.